The first-order valence-corrected chi connectivity index (χ1v) is 12.7. The van der Waals surface area contributed by atoms with Crippen molar-refractivity contribution in [2.24, 2.45) is 0 Å². The maximum absolute atomic E-state index is 13.3. The third-order valence-electron chi connectivity index (χ3n) is 5.97. The SMILES string of the molecule is C[C@@H]1CN(C(=O)[C@H](C)OC(=O)[C@H]2CCCN2S(=O)(=O)c2ccc3c(c2)OCCO3)C[C@H](C)O1. The highest BCUT2D eigenvalue weighted by Crippen LogP contribution is 2.35. The predicted molar refractivity (Wildman–Crippen MR) is 116 cm³/mol. The number of hydrogen-bond acceptors (Lipinski definition) is 8. The summed E-state index contributed by atoms with van der Waals surface area (Å²) < 4.78 is 49.8. The van der Waals surface area contributed by atoms with Crippen molar-refractivity contribution in [3.63, 3.8) is 0 Å². The molecule has 2 saturated heterocycles. The summed E-state index contributed by atoms with van der Waals surface area (Å²) in [5, 5.41) is 0. The largest absolute Gasteiger partial charge is 0.486 e. The van der Waals surface area contributed by atoms with Crippen molar-refractivity contribution >= 4 is 21.9 Å². The smallest absolute Gasteiger partial charge is 0.325 e. The minimum Gasteiger partial charge on any atom is -0.486 e. The van der Waals surface area contributed by atoms with E-state index in [2.05, 4.69) is 0 Å². The van der Waals surface area contributed by atoms with E-state index in [0.29, 0.717) is 50.6 Å². The molecule has 0 saturated carbocycles. The van der Waals surface area contributed by atoms with Crippen LogP contribution in [0.1, 0.15) is 33.6 Å². The second-order valence-electron chi connectivity index (χ2n) is 8.66. The van der Waals surface area contributed by atoms with Gasteiger partial charge < -0.3 is 23.8 Å². The van der Waals surface area contributed by atoms with Crippen molar-refractivity contribution in [1.82, 2.24) is 9.21 Å². The summed E-state index contributed by atoms with van der Waals surface area (Å²) in [6.45, 7) is 7.03. The molecular weight excluding hydrogens is 452 g/mol. The first-order chi connectivity index (χ1) is 15.7. The van der Waals surface area contributed by atoms with Crippen LogP contribution in [0.4, 0.5) is 0 Å². The number of carbonyl (C=O) groups excluding carboxylic acids is 2. The molecule has 0 bridgehead atoms. The quantitative estimate of drug-likeness (QED) is 0.575. The van der Waals surface area contributed by atoms with Crippen molar-refractivity contribution in [3.05, 3.63) is 18.2 Å². The molecule has 0 spiro atoms. The molecular formula is C22H30N2O8S. The fourth-order valence-corrected chi connectivity index (χ4v) is 6.16. The van der Waals surface area contributed by atoms with Gasteiger partial charge in [-0.05, 0) is 45.7 Å². The highest BCUT2D eigenvalue weighted by atomic mass is 32.2. The first-order valence-electron chi connectivity index (χ1n) is 11.2. The maximum Gasteiger partial charge on any atom is 0.325 e. The number of fused-ring (bicyclic) bond motifs is 1. The Labute approximate surface area is 193 Å². The molecule has 1 aromatic rings. The number of nitrogens with zero attached hydrogens (tertiary/aromatic N) is 2. The fourth-order valence-electron chi connectivity index (χ4n) is 4.50. The minimum atomic E-state index is -3.97. The molecule has 1 amide bonds. The zero-order valence-corrected chi connectivity index (χ0v) is 19.9. The van der Waals surface area contributed by atoms with Gasteiger partial charge in [-0.25, -0.2) is 8.42 Å². The molecule has 11 heteroatoms. The van der Waals surface area contributed by atoms with E-state index in [1.807, 2.05) is 13.8 Å². The molecule has 0 N–H and O–H groups in total. The average molecular weight is 483 g/mol. The molecule has 0 radical (unpaired) electrons. The van der Waals surface area contributed by atoms with Crippen molar-refractivity contribution in [3.8, 4) is 11.5 Å². The summed E-state index contributed by atoms with van der Waals surface area (Å²) in [5.41, 5.74) is 0. The van der Waals surface area contributed by atoms with Gasteiger partial charge in [0.1, 0.15) is 19.3 Å². The first kappa shape index (κ1) is 23.8. The van der Waals surface area contributed by atoms with Gasteiger partial charge in [0.05, 0.1) is 17.1 Å². The molecule has 0 aromatic heterocycles. The van der Waals surface area contributed by atoms with Crippen LogP contribution in [0, 0.1) is 0 Å². The van der Waals surface area contributed by atoms with Gasteiger partial charge in [0.15, 0.2) is 17.6 Å². The highest BCUT2D eigenvalue weighted by Gasteiger charge is 2.42. The Balaban J connectivity index is 1.45. The van der Waals surface area contributed by atoms with Gasteiger partial charge >= 0.3 is 5.97 Å². The maximum atomic E-state index is 13.3. The van der Waals surface area contributed by atoms with Gasteiger partial charge in [-0.1, -0.05) is 0 Å². The standard InChI is InChI=1S/C22H30N2O8S/c1-14-12-23(13-15(2)31-14)21(25)16(3)32-22(26)18-5-4-8-24(18)33(27,28)17-6-7-19-20(11-17)30-10-9-29-19/h6-7,11,14-16,18H,4-5,8-10,12-13H2,1-3H3/t14-,15+,16-,18+/m0/s1. The molecule has 33 heavy (non-hydrogen) atoms. The molecule has 4 atom stereocenters. The molecule has 10 nitrogen and oxygen atoms in total. The minimum absolute atomic E-state index is 0.0202. The number of sulfonamides is 1. The van der Waals surface area contributed by atoms with Crippen LogP contribution in [0.5, 0.6) is 11.5 Å². The number of hydrogen-bond donors (Lipinski definition) is 0. The van der Waals surface area contributed by atoms with Gasteiger partial charge in [-0.3, -0.25) is 9.59 Å². The number of amides is 1. The van der Waals surface area contributed by atoms with E-state index in [9.17, 15) is 18.0 Å². The lowest BCUT2D eigenvalue weighted by atomic mass is 10.2. The summed E-state index contributed by atoms with van der Waals surface area (Å²) in [5.74, 6) is -0.195. The van der Waals surface area contributed by atoms with Gasteiger partial charge in [0, 0.05) is 25.7 Å². The molecule has 3 aliphatic rings. The van der Waals surface area contributed by atoms with E-state index in [-0.39, 0.29) is 29.6 Å². The van der Waals surface area contributed by atoms with Crippen LogP contribution in [0.15, 0.2) is 23.1 Å². The number of morpholine rings is 1. The Morgan fingerprint density at radius 1 is 1.09 bits per heavy atom. The summed E-state index contributed by atoms with van der Waals surface area (Å²) in [6, 6.07) is 3.42. The Morgan fingerprint density at radius 3 is 2.45 bits per heavy atom. The third kappa shape index (κ3) is 4.95. The molecule has 0 unspecified atom stereocenters. The van der Waals surface area contributed by atoms with Crippen LogP contribution in [-0.4, -0.2) is 86.7 Å². The number of esters is 1. The van der Waals surface area contributed by atoms with Gasteiger partial charge in [0.2, 0.25) is 10.0 Å². The van der Waals surface area contributed by atoms with Crippen molar-refractivity contribution in [2.75, 3.05) is 32.8 Å². The Bertz CT molecular complexity index is 1000. The van der Waals surface area contributed by atoms with Crippen molar-refractivity contribution in [2.45, 2.75) is 62.9 Å². The van der Waals surface area contributed by atoms with Gasteiger partial charge in [0.25, 0.3) is 5.91 Å². The van der Waals surface area contributed by atoms with Gasteiger partial charge in [-0.15, -0.1) is 0 Å². The topological polar surface area (TPSA) is 112 Å². The number of rotatable bonds is 5. The average Bonchev–Trinajstić information content (AvgIpc) is 3.28. The fraction of sp³-hybridized carbons (Fsp3) is 0.636. The van der Waals surface area contributed by atoms with E-state index < -0.39 is 28.1 Å². The van der Waals surface area contributed by atoms with E-state index >= 15 is 0 Å². The van der Waals surface area contributed by atoms with Crippen molar-refractivity contribution < 1.29 is 37.0 Å². The summed E-state index contributed by atoms with van der Waals surface area (Å²) in [7, 11) is -3.97. The Morgan fingerprint density at radius 2 is 1.76 bits per heavy atom. The lowest BCUT2D eigenvalue weighted by Gasteiger charge is -2.36. The van der Waals surface area contributed by atoms with Crippen molar-refractivity contribution in [1.29, 1.82) is 0 Å². The molecule has 1 aromatic carbocycles. The normalized spacial score (nSPS) is 26.6. The molecule has 0 aliphatic carbocycles. The van der Waals surface area contributed by atoms with Crippen LogP contribution < -0.4 is 9.47 Å². The van der Waals surface area contributed by atoms with Crippen LogP contribution in [0.3, 0.4) is 0 Å². The Kier molecular flexibility index (Phi) is 6.83. The second kappa shape index (κ2) is 9.47. The third-order valence-corrected chi connectivity index (χ3v) is 7.87. The summed E-state index contributed by atoms with van der Waals surface area (Å²) in [6.07, 6.45) is -0.391. The van der Waals surface area contributed by atoms with Crippen LogP contribution in [0.2, 0.25) is 0 Å². The lowest BCUT2D eigenvalue weighted by molar-refractivity contribution is -0.166. The zero-order chi connectivity index (χ0) is 23.8. The van der Waals surface area contributed by atoms with Crippen LogP contribution in [0.25, 0.3) is 0 Å². The predicted octanol–water partition coefficient (Wildman–Crippen LogP) is 1.18. The molecule has 2 fully saturated rings. The van der Waals surface area contributed by atoms with Gasteiger partial charge in [-0.2, -0.15) is 4.31 Å². The number of benzene rings is 1. The summed E-state index contributed by atoms with van der Waals surface area (Å²) >= 11 is 0. The number of carbonyl (C=O) groups is 2. The van der Waals surface area contributed by atoms with E-state index in [4.69, 9.17) is 18.9 Å². The Hall–Kier alpha value is -2.37. The van der Waals surface area contributed by atoms with E-state index in [1.165, 1.54) is 19.1 Å². The van der Waals surface area contributed by atoms with E-state index in [0.717, 1.165) is 4.31 Å². The molecule has 3 aliphatic heterocycles. The lowest BCUT2D eigenvalue weighted by Crippen LogP contribution is -2.52. The molecule has 3 heterocycles. The van der Waals surface area contributed by atoms with Crippen LogP contribution >= 0.6 is 0 Å². The van der Waals surface area contributed by atoms with E-state index in [1.54, 1.807) is 11.0 Å². The monoisotopic (exact) mass is 482 g/mol. The summed E-state index contributed by atoms with van der Waals surface area (Å²) in [4.78, 5) is 27.4. The molecule has 4 rings (SSSR count). The highest BCUT2D eigenvalue weighted by molar-refractivity contribution is 7.89. The molecule has 182 valence electrons. The van der Waals surface area contributed by atoms with Crippen LogP contribution in [-0.2, 0) is 29.1 Å². The number of ether oxygens (including phenoxy) is 4. The zero-order valence-electron chi connectivity index (χ0n) is 19.1. The second-order valence-corrected chi connectivity index (χ2v) is 10.5.